The van der Waals surface area contributed by atoms with Gasteiger partial charge in [-0.05, 0) is 72.3 Å². The summed E-state index contributed by atoms with van der Waals surface area (Å²) in [6, 6.07) is 10.9. The van der Waals surface area contributed by atoms with Gasteiger partial charge in [0.25, 0.3) is 11.8 Å². The number of aromatic nitrogens is 1. The Hall–Kier alpha value is -3.24. The van der Waals surface area contributed by atoms with Gasteiger partial charge in [-0.1, -0.05) is 56.7 Å². The number of hydrogen-bond donors (Lipinski definition) is 3. The van der Waals surface area contributed by atoms with Gasteiger partial charge >= 0.3 is 0 Å². The van der Waals surface area contributed by atoms with E-state index in [1.807, 2.05) is 29.6 Å². The smallest absolute Gasteiger partial charge is 0.273 e. The van der Waals surface area contributed by atoms with Gasteiger partial charge in [0.1, 0.15) is 4.88 Å². The number of nitrogens with zero attached hydrogens (tertiary/aromatic N) is 2. The third-order valence-electron chi connectivity index (χ3n) is 7.89. The summed E-state index contributed by atoms with van der Waals surface area (Å²) < 4.78 is 4.04. The SMILES string of the molecule is NC(=O)c1nsc(C(=O)N(c2ccc(C3CCCCC3)cc2)[C@H](C(=O)NC2CCCCC2)c2cccs2)c1N. The third kappa shape index (κ3) is 6.01. The number of anilines is 2. The number of nitrogen functional groups attached to an aromatic ring is 1. The quantitative estimate of drug-likeness (QED) is 0.319. The Morgan fingerprint density at radius 1 is 0.949 bits per heavy atom. The van der Waals surface area contributed by atoms with Crippen LogP contribution in [0.5, 0.6) is 0 Å². The fourth-order valence-electron chi connectivity index (χ4n) is 5.81. The van der Waals surface area contributed by atoms with Gasteiger partial charge in [-0.2, -0.15) is 4.37 Å². The molecular weight excluding hydrogens is 530 g/mol. The first-order chi connectivity index (χ1) is 18.9. The lowest BCUT2D eigenvalue weighted by atomic mass is 9.84. The summed E-state index contributed by atoms with van der Waals surface area (Å²) in [6.45, 7) is 0. The van der Waals surface area contributed by atoms with Crippen LogP contribution in [0.15, 0.2) is 41.8 Å². The minimum absolute atomic E-state index is 0.0565. The summed E-state index contributed by atoms with van der Waals surface area (Å²) >= 11 is 2.25. The summed E-state index contributed by atoms with van der Waals surface area (Å²) in [4.78, 5) is 42.3. The van der Waals surface area contributed by atoms with Crippen molar-refractivity contribution in [3.63, 3.8) is 0 Å². The zero-order chi connectivity index (χ0) is 27.4. The molecule has 2 heterocycles. The van der Waals surface area contributed by atoms with Gasteiger partial charge < -0.3 is 16.8 Å². The fraction of sp³-hybridized carbons (Fsp3) is 0.448. The van der Waals surface area contributed by atoms with Crippen LogP contribution in [0, 0.1) is 0 Å². The van der Waals surface area contributed by atoms with Gasteiger partial charge in [0.15, 0.2) is 11.7 Å². The summed E-state index contributed by atoms with van der Waals surface area (Å²) in [5, 5.41) is 5.12. The van der Waals surface area contributed by atoms with E-state index in [1.54, 1.807) is 0 Å². The Balaban J connectivity index is 1.55. The summed E-state index contributed by atoms with van der Waals surface area (Å²) in [5.41, 5.74) is 13.3. The number of nitrogens with one attached hydrogen (secondary N) is 1. The van der Waals surface area contributed by atoms with Crippen molar-refractivity contribution in [1.82, 2.24) is 9.69 Å². The van der Waals surface area contributed by atoms with Crippen LogP contribution in [0.4, 0.5) is 11.4 Å². The molecule has 39 heavy (non-hydrogen) atoms. The van der Waals surface area contributed by atoms with E-state index < -0.39 is 17.9 Å². The number of rotatable bonds is 8. The Bertz CT molecular complexity index is 1290. The second-order valence-electron chi connectivity index (χ2n) is 10.5. The molecule has 10 heteroatoms. The number of carbonyl (C=O) groups is 3. The van der Waals surface area contributed by atoms with Crippen LogP contribution in [0.25, 0.3) is 0 Å². The van der Waals surface area contributed by atoms with Crippen LogP contribution in [0.2, 0.25) is 0 Å². The second kappa shape index (κ2) is 12.3. The fourth-order valence-corrected chi connectivity index (χ4v) is 7.37. The van der Waals surface area contributed by atoms with Gasteiger partial charge in [-0.3, -0.25) is 19.3 Å². The number of nitrogens with two attached hydrogens (primary N) is 2. The molecule has 0 unspecified atom stereocenters. The highest BCUT2D eigenvalue weighted by Gasteiger charge is 2.37. The molecule has 206 valence electrons. The maximum absolute atomic E-state index is 14.2. The first-order valence-electron chi connectivity index (χ1n) is 13.8. The molecule has 0 aliphatic heterocycles. The monoisotopic (exact) mass is 565 g/mol. The molecule has 5 N–H and O–H groups in total. The van der Waals surface area contributed by atoms with Gasteiger partial charge in [-0.25, -0.2) is 0 Å². The molecule has 3 aromatic rings. The number of thiophene rings is 1. The largest absolute Gasteiger partial charge is 0.395 e. The molecular formula is C29H35N5O3S2. The van der Waals surface area contributed by atoms with Gasteiger partial charge in [0.05, 0.1) is 5.69 Å². The van der Waals surface area contributed by atoms with E-state index in [2.05, 4.69) is 21.8 Å². The molecule has 1 aromatic carbocycles. The first-order valence-corrected chi connectivity index (χ1v) is 15.4. The zero-order valence-electron chi connectivity index (χ0n) is 21.9. The van der Waals surface area contributed by atoms with Crippen molar-refractivity contribution in [1.29, 1.82) is 0 Å². The average molecular weight is 566 g/mol. The van der Waals surface area contributed by atoms with Crippen LogP contribution < -0.4 is 21.7 Å². The maximum Gasteiger partial charge on any atom is 0.273 e. The standard InChI is InChI=1S/C29H35N5O3S2/c30-23-24(27(31)35)33-39-26(23)29(37)34(21-15-13-19(14-16-21)18-8-3-1-4-9-18)25(22-12-7-17-38-22)28(36)32-20-10-5-2-6-11-20/h7,12-18,20,25H,1-6,8-11,30H2,(H2,31,35)(H,32,36)/t25-/m0/s1. The molecule has 2 aliphatic carbocycles. The molecule has 0 bridgehead atoms. The van der Waals surface area contributed by atoms with Crippen molar-refractivity contribution in [2.75, 3.05) is 10.6 Å². The van der Waals surface area contributed by atoms with E-state index in [1.165, 1.54) is 47.5 Å². The maximum atomic E-state index is 14.2. The van der Waals surface area contributed by atoms with Crippen LogP contribution in [0.1, 0.15) is 107 Å². The molecule has 2 fully saturated rings. The number of hydrogen-bond acceptors (Lipinski definition) is 7. The predicted octanol–water partition coefficient (Wildman–Crippen LogP) is 5.77. The normalized spacial score (nSPS) is 17.4. The number of primary amides is 1. The van der Waals surface area contributed by atoms with E-state index >= 15 is 0 Å². The molecule has 0 saturated heterocycles. The van der Waals surface area contributed by atoms with Crippen molar-refractivity contribution in [2.45, 2.75) is 82.2 Å². The van der Waals surface area contributed by atoms with Gasteiger partial charge in [-0.15, -0.1) is 11.3 Å². The van der Waals surface area contributed by atoms with E-state index in [9.17, 15) is 14.4 Å². The second-order valence-corrected chi connectivity index (χ2v) is 12.3. The van der Waals surface area contributed by atoms with Crippen LogP contribution in [-0.2, 0) is 4.79 Å². The lowest BCUT2D eigenvalue weighted by molar-refractivity contribution is -0.123. The van der Waals surface area contributed by atoms with Crippen molar-refractivity contribution < 1.29 is 14.4 Å². The van der Waals surface area contributed by atoms with Crippen molar-refractivity contribution in [2.24, 2.45) is 5.73 Å². The van der Waals surface area contributed by atoms with Crippen LogP contribution in [-0.4, -0.2) is 28.1 Å². The number of benzene rings is 1. The molecule has 3 amide bonds. The molecule has 0 spiro atoms. The molecule has 8 nitrogen and oxygen atoms in total. The topological polar surface area (TPSA) is 131 Å². The van der Waals surface area contributed by atoms with Crippen molar-refractivity contribution >= 4 is 52.0 Å². The highest BCUT2D eigenvalue weighted by atomic mass is 32.1. The lowest BCUT2D eigenvalue weighted by Gasteiger charge is -2.33. The Morgan fingerprint density at radius 3 is 2.21 bits per heavy atom. The summed E-state index contributed by atoms with van der Waals surface area (Å²) in [7, 11) is 0. The summed E-state index contributed by atoms with van der Waals surface area (Å²) in [6.07, 6.45) is 11.2. The van der Waals surface area contributed by atoms with Crippen molar-refractivity contribution in [3.8, 4) is 0 Å². The lowest BCUT2D eigenvalue weighted by Crippen LogP contribution is -2.47. The van der Waals surface area contributed by atoms with Crippen LogP contribution in [0.3, 0.4) is 0 Å². The van der Waals surface area contributed by atoms with E-state index in [0.717, 1.165) is 54.9 Å². The van der Waals surface area contributed by atoms with E-state index in [-0.39, 0.29) is 28.2 Å². The molecule has 5 rings (SSSR count). The van der Waals surface area contributed by atoms with E-state index in [0.29, 0.717) is 11.6 Å². The Labute approximate surface area is 236 Å². The predicted molar refractivity (Wildman–Crippen MR) is 156 cm³/mol. The van der Waals surface area contributed by atoms with Crippen LogP contribution >= 0.6 is 22.9 Å². The van der Waals surface area contributed by atoms with Gasteiger partial charge in [0, 0.05) is 16.6 Å². The third-order valence-corrected chi connectivity index (χ3v) is 9.67. The van der Waals surface area contributed by atoms with Crippen molar-refractivity contribution in [3.05, 3.63) is 62.8 Å². The van der Waals surface area contributed by atoms with E-state index in [4.69, 9.17) is 11.5 Å². The Kier molecular flexibility index (Phi) is 8.62. The molecule has 0 radical (unpaired) electrons. The molecule has 2 aliphatic rings. The highest BCUT2D eigenvalue weighted by Crippen LogP contribution is 2.37. The molecule has 2 saturated carbocycles. The number of carbonyl (C=O) groups excluding carboxylic acids is 3. The summed E-state index contributed by atoms with van der Waals surface area (Å²) in [5.74, 6) is -1.00. The number of amides is 3. The minimum atomic E-state index is -0.904. The highest BCUT2D eigenvalue weighted by molar-refractivity contribution is 7.10. The van der Waals surface area contributed by atoms with Gasteiger partial charge in [0.2, 0.25) is 5.91 Å². The average Bonchev–Trinajstić information content (AvgIpc) is 3.62. The zero-order valence-corrected chi connectivity index (χ0v) is 23.6. The molecule has 1 atom stereocenters. The first kappa shape index (κ1) is 27.3. The molecule has 2 aromatic heterocycles. The minimum Gasteiger partial charge on any atom is -0.395 e. The Morgan fingerprint density at radius 2 is 1.62 bits per heavy atom.